The van der Waals surface area contributed by atoms with Crippen molar-refractivity contribution >= 4 is 57.8 Å². The predicted octanol–water partition coefficient (Wildman–Crippen LogP) is 0.555. The Morgan fingerprint density at radius 2 is 1.00 bits per heavy atom. The van der Waals surface area contributed by atoms with E-state index in [0.717, 1.165) is 0 Å². The Morgan fingerprint density at radius 1 is 0.682 bits per heavy atom. The first-order valence-electron chi connectivity index (χ1n) is 7.18. The maximum atomic E-state index is 11.9. The van der Waals surface area contributed by atoms with Crippen LogP contribution in [0.1, 0.15) is 38.5 Å². The molecule has 1 saturated carbocycles. The Bertz CT molecular complexity index is 568. The lowest BCUT2D eigenvalue weighted by molar-refractivity contribution is -0.145. The Morgan fingerprint density at radius 3 is 1.23 bits per heavy atom. The van der Waals surface area contributed by atoms with Crippen LogP contribution in [0.3, 0.4) is 0 Å². The Labute approximate surface area is 137 Å². The average Bonchev–Trinajstić information content (AvgIpc) is 2.87. The Hall–Kier alpha value is -1.54. The molecule has 0 aromatic heterocycles. The van der Waals surface area contributed by atoms with Gasteiger partial charge in [-0.15, -0.1) is 0 Å². The third-order valence-electron chi connectivity index (χ3n) is 4.47. The highest BCUT2D eigenvalue weighted by Gasteiger charge is 2.44. The summed E-state index contributed by atoms with van der Waals surface area (Å²) in [6.45, 7) is 0. The zero-order valence-electron chi connectivity index (χ0n) is 11.7. The fourth-order valence-corrected chi connectivity index (χ4v) is 3.85. The first-order valence-corrected chi connectivity index (χ1v) is 8.00. The molecular formula is C14H14N2O4S2. The molecule has 0 unspecified atom stereocenters. The monoisotopic (exact) mass is 338 g/mol. The van der Waals surface area contributed by atoms with Gasteiger partial charge in [0.2, 0.25) is 11.8 Å². The molecule has 8 heteroatoms. The van der Waals surface area contributed by atoms with Crippen molar-refractivity contribution in [3.8, 4) is 0 Å². The molecule has 0 spiro atoms. The second-order valence-electron chi connectivity index (χ2n) is 5.80. The second kappa shape index (κ2) is 5.58. The number of hydrogen-bond donors (Lipinski definition) is 0. The topological polar surface area (TPSA) is 74.8 Å². The van der Waals surface area contributed by atoms with Gasteiger partial charge in [-0.2, -0.15) is 0 Å². The summed E-state index contributed by atoms with van der Waals surface area (Å²) in [6, 6.07) is -0.368. The van der Waals surface area contributed by atoms with Crippen LogP contribution in [0.25, 0.3) is 0 Å². The molecule has 1 aliphatic carbocycles. The van der Waals surface area contributed by atoms with Crippen LogP contribution in [-0.2, 0) is 19.2 Å². The molecule has 4 amide bonds. The molecule has 22 heavy (non-hydrogen) atoms. The SMILES string of the molecule is O=C1CC(=S)C(=O)N1C1CCC(N2C(=O)CC(=S)C2=O)CC1. The quantitative estimate of drug-likeness (QED) is 0.541. The van der Waals surface area contributed by atoms with Crippen LogP contribution in [0.15, 0.2) is 0 Å². The molecule has 3 aliphatic rings. The fraction of sp³-hybridized carbons (Fsp3) is 0.571. The first kappa shape index (κ1) is 15.4. The summed E-state index contributed by atoms with van der Waals surface area (Å²) in [7, 11) is 0. The number of nitrogens with zero attached hydrogens (tertiary/aromatic N) is 2. The molecule has 2 saturated heterocycles. The molecule has 2 aliphatic heterocycles. The van der Waals surface area contributed by atoms with Crippen molar-refractivity contribution in [3.05, 3.63) is 0 Å². The molecule has 0 bridgehead atoms. The molecule has 0 aromatic rings. The largest absolute Gasteiger partial charge is 0.275 e. The van der Waals surface area contributed by atoms with Crippen LogP contribution in [0.4, 0.5) is 0 Å². The molecule has 116 valence electrons. The van der Waals surface area contributed by atoms with E-state index in [0.29, 0.717) is 25.7 Å². The number of thiocarbonyl (C=S) groups is 2. The molecule has 0 atom stereocenters. The molecule has 3 rings (SSSR count). The van der Waals surface area contributed by atoms with E-state index in [1.807, 2.05) is 0 Å². The summed E-state index contributed by atoms with van der Waals surface area (Å²) in [5.41, 5.74) is 0. The van der Waals surface area contributed by atoms with Crippen molar-refractivity contribution in [3.63, 3.8) is 0 Å². The van der Waals surface area contributed by atoms with Gasteiger partial charge in [-0.25, -0.2) is 0 Å². The van der Waals surface area contributed by atoms with E-state index in [-0.39, 0.29) is 58.3 Å². The minimum absolute atomic E-state index is 0.0193. The molecule has 6 nitrogen and oxygen atoms in total. The summed E-state index contributed by atoms with van der Waals surface area (Å²) in [6.07, 6.45) is 2.35. The van der Waals surface area contributed by atoms with E-state index >= 15 is 0 Å². The maximum absolute atomic E-state index is 11.9. The lowest BCUT2D eigenvalue weighted by Crippen LogP contribution is -2.48. The van der Waals surface area contributed by atoms with E-state index in [1.54, 1.807) is 0 Å². The van der Waals surface area contributed by atoms with Gasteiger partial charge < -0.3 is 0 Å². The Balaban J connectivity index is 1.66. The number of hydrogen-bond acceptors (Lipinski definition) is 6. The van der Waals surface area contributed by atoms with Crippen molar-refractivity contribution < 1.29 is 19.2 Å². The van der Waals surface area contributed by atoms with Crippen LogP contribution in [0, 0.1) is 0 Å². The van der Waals surface area contributed by atoms with Crippen LogP contribution >= 0.6 is 24.4 Å². The molecule has 3 fully saturated rings. The van der Waals surface area contributed by atoms with E-state index in [9.17, 15) is 19.2 Å². The van der Waals surface area contributed by atoms with E-state index in [1.165, 1.54) is 9.80 Å². The lowest BCUT2D eigenvalue weighted by Gasteiger charge is -2.36. The molecule has 0 aromatic carbocycles. The predicted molar refractivity (Wildman–Crippen MR) is 84.2 cm³/mol. The zero-order valence-corrected chi connectivity index (χ0v) is 13.4. The summed E-state index contributed by atoms with van der Waals surface area (Å²) < 4.78 is 0. The van der Waals surface area contributed by atoms with Gasteiger partial charge in [0.1, 0.15) is 0 Å². The minimum Gasteiger partial charge on any atom is -0.275 e. The van der Waals surface area contributed by atoms with Crippen molar-refractivity contribution in [2.75, 3.05) is 0 Å². The third-order valence-corrected chi connectivity index (χ3v) is 5.11. The van der Waals surface area contributed by atoms with E-state index < -0.39 is 0 Å². The first-order chi connectivity index (χ1) is 10.4. The van der Waals surface area contributed by atoms with Crippen molar-refractivity contribution in [2.24, 2.45) is 0 Å². The summed E-state index contributed by atoms with van der Waals surface area (Å²) in [5.74, 6) is -1.21. The third kappa shape index (κ3) is 2.40. The van der Waals surface area contributed by atoms with Crippen LogP contribution in [0.2, 0.25) is 0 Å². The van der Waals surface area contributed by atoms with Crippen molar-refractivity contribution in [1.82, 2.24) is 9.80 Å². The molecular weight excluding hydrogens is 324 g/mol. The standard InChI is InChI=1S/C14H14N2O4S2/c17-11-5-9(21)13(19)15(11)7-1-2-8(4-3-7)16-12(18)6-10(22)14(16)20/h7-8H,1-6H2. The Kier molecular flexibility index (Phi) is 3.90. The van der Waals surface area contributed by atoms with Crippen molar-refractivity contribution in [1.29, 1.82) is 0 Å². The van der Waals surface area contributed by atoms with Gasteiger partial charge in [-0.05, 0) is 25.7 Å². The highest BCUT2D eigenvalue weighted by Crippen LogP contribution is 2.31. The number of carbonyl (C=O) groups is 4. The molecule has 0 radical (unpaired) electrons. The average molecular weight is 338 g/mol. The second-order valence-corrected chi connectivity index (χ2v) is 6.79. The number of amides is 4. The number of rotatable bonds is 2. The van der Waals surface area contributed by atoms with Crippen LogP contribution in [-0.4, -0.2) is 55.2 Å². The van der Waals surface area contributed by atoms with E-state index in [2.05, 4.69) is 0 Å². The van der Waals surface area contributed by atoms with Gasteiger partial charge in [0, 0.05) is 12.1 Å². The maximum Gasteiger partial charge on any atom is 0.268 e. The van der Waals surface area contributed by atoms with Gasteiger partial charge in [0.05, 0.1) is 22.6 Å². The summed E-state index contributed by atoms with van der Waals surface area (Å²) in [4.78, 5) is 50.4. The summed E-state index contributed by atoms with van der Waals surface area (Å²) >= 11 is 9.79. The fourth-order valence-electron chi connectivity index (χ4n) is 3.41. The normalized spacial score (nSPS) is 30.0. The minimum atomic E-state index is -0.363. The van der Waals surface area contributed by atoms with E-state index in [4.69, 9.17) is 24.4 Å². The highest BCUT2D eigenvalue weighted by molar-refractivity contribution is 7.82. The van der Waals surface area contributed by atoms with Gasteiger partial charge in [-0.3, -0.25) is 29.0 Å². The van der Waals surface area contributed by atoms with Gasteiger partial charge >= 0.3 is 0 Å². The molecule has 0 N–H and O–H groups in total. The highest BCUT2D eigenvalue weighted by atomic mass is 32.1. The zero-order chi connectivity index (χ0) is 16.0. The lowest BCUT2D eigenvalue weighted by atomic mass is 9.89. The number of carbonyl (C=O) groups excluding carboxylic acids is 4. The number of likely N-dealkylation sites (tertiary alicyclic amines) is 2. The number of imide groups is 2. The smallest absolute Gasteiger partial charge is 0.268 e. The van der Waals surface area contributed by atoms with Gasteiger partial charge in [0.15, 0.2) is 0 Å². The van der Waals surface area contributed by atoms with Crippen LogP contribution < -0.4 is 0 Å². The molecule has 2 heterocycles. The van der Waals surface area contributed by atoms with Crippen LogP contribution in [0.5, 0.6) is 0 Å². The summed E-state index contributed by atoms with van der Waals surface area (Å²) in [5, 5.41) is 0. The van der Waals surface area contributed by atoms with Gasteiger partial charge in [-0.1, -0.05) is 24.4 Å². The van der Waals surface area contributed by atoms with Gasteiger partial charge in [0.25, 0.3) is 11.8 Å². The van der Waals surface area contributed by atoms with Crippen molar-refractivity contribution in [2.45, 2.75) is 50.6 Å².